The highest BCUT2D eigenvalue weighted by Gasteiger charge is 2.10. The summed E-state index contributed by atoms with van der Waals surface area (Å²) in [5.74, 6) is 0. The van der Waals surface area contributed by atoms with Crippen molar-refractivity contribution in [2.75, 3.05) is 6.26 Å². The molecule has 0 fully saturated rings. The van der Waals surface area contributed by atoms with Gasteiger partial charge in [0.2, 0.25) is 10.0 Å². The topological polar surface area (TPSA) is 119 Å². The van der Waals surface area contributed by atoms with E-state index in [4.69, 9.17) is 10.3 Å². The molecule has 0 bridgehead atoms. The van der Waals surface area contributed by atoms with Gasteiger partial charge >= 0.3 is 11.4 Å². The van der Waals surface area contributed by atoms with Gasteiger partial charge < -0.3 is 0 Å². The van der Waals surface area contributed by atoms with Gasteiger partial charge in [0.05, 0.1) is 6.26 Å². The van der Waals surface area contributed by atoms with Crippen molar-refractivity contribution in [3.05, 3.63) is 0 Å². The second-order valence-electron chi connectivity index (χ2n) is 1.62. The van der Waals surface area contributed by atoms with E-state index in [1.165, 1.54) is 0 Å². The van der Waals surface area contributed by atoms with E-state index in [-0.39, 0.29) is 0 Å². The lowest BCUT2D eigenvalue weighted by atomic mass is 11.1. The van der Waals surface area contributed by atoms with Crippen LogP contribution in [-0.4, -0.2) is 29.8 Å². The van der Waals surface area contributed by atoms with Gasteiger partial charge in [-0.05, 0) is 0 Å². The minimum Gasteiger partial charge on any atom is -0.292 e. The highest BCUT2D eigenvalue weighted by molar-refractivity contribution is 7.88. The molecule has 0 aliphatic carbocycles. The molecule has 0 aromatic heterocycles. The molecule has 0 aliphatic heterocycles. The van der Waals surface area contributed by atoms with Gasteiger partial charge in [-0.3, -0.25) is 10.3 Å². The van der Waals surface area contributed by atoms with E-state index in [1.54, 1.807) is 4.72 Å². The van der Waals surface area contributed by atoms with Gasteiger partial charge in [-0.1, -0.05) is 0 Å². The van der Waals surface area contributed by atoms with Crippen molar-refractivity contribution in [3.63, 3.8) is 0 Å². The summed E-state index contributed by atoms with van der Waals surface area (Å²) in [4.78, 5) is 0. The largest absolute Gasteiger partial charge is 0.304 e. The molecule has 0 rings (SSSR count). The third kappa shape index (κ3) is 7.84. The maximum absolute atomic E-state index is 10.4. The zero-order valence-electron chi connectivity index (χ0n) is 5.55. The van der Waals surface area contributed by atoms with Crippen molar-refractivity contribution in [1.82, 2.24) is 4.72 Å². The Kier molecular flexibility index (Phi) is 4.07. The van der Waals surface area contributed by atoms with Crippen LogP contribution < -0.4 is 10.5 Å². The fourth-order valence-corrected chi connectivity index (χ4v) is 1.08. The molecule has 0 saturated heterocycles. The number of rotatable bonds is 4. The van der Waals surface area contributed by atoms with Crippen molar-refractivity contribution >= 4 is 21.4 Å². The molecule has 2 unspecified atom stereocenters. The van der Waals surface area contributed by atoms with Gasteiger partial charge in [0.1, 0.15) is 0 Å². The smallest absolute Gasteiger partial charge is 0.292 e. The summed E-state index contributed by atoms with van der Waals surface area (Å²) in [6.07, 6.45) is -0.660. The molecule has 4 N–H and O–H groups in total. The number of sulfonamides is 1. The molecule has 2 atom stereocenters. The summed E-state index contributed by atoms with van der Waals surface area (Å²) >= 11 is -2.58. The number of hydrogen-bond acceptors (Lipinski definition) is 5. The average Bonchev–Trinajstić information content (AvgIpc) is 1.53. The second kappa shape index (κ2) is 4.09. The molecular formula is C2H8N2O5S2. The predicted octanol–water partition coefficient (Wildman–Crippen LogP) is -2.07. The molecule has 11 heavy (non-hydrogen) atoms. The van der Waals surface area contributed by atoms with Crippen molar-refractivity contribution in [1.29, 1.82) is 0 Å². The van der Waals surface area contributed by atoms with Crippen molar-refractivity contribution in [2.45, 2.75) is 6.35 Å². The Morgan fingerprint density at radius 3 is 2.45 bits per heavy atom. The lowest BCUT2D eigenvalue weighted by molar-refractivity contribution is 0.201. The van der Waals surface area contributed by atoms with Crippen LogP contribution in [0.2, 0.25) is 0 Å². The molecule has 68 valence electrons. The van der Waals surface area contributed by atoms with Gasteiger partial charge in [-0.15, -0.1) is 0 Å². The minimum atomic E-state index is -3.51. The third-order valence-corrected chi connectivity index (χ3v) is 1.55. The molecule has 0 saturated carbocycles. The third-order valence-electron chi connectivity index (χ3n) is 0.516. The predicted molar refractivity (Wildman–Crippen MR) is 37.8 cm³/mol. The Labute approximate surface area is 66.5 Å². The van der Waals surface area contributed by atoms with E-state index in [0.29, 0.717) is 0 Å². The average molecular weight is 204 g/mol. The van der Waals surface area contributed by atoms with Crippen LogP contribution in [0.4, 0.5) is 0 Å². The Morgan fingerprint density at radius 1 is 1.73 bits per heavy atom. The Morgan fingerprint density at radius 2 is 2.18 bits per heavy atom. The van der Waals surface area contributed by atoms with Gasteiger partial charge in [0, 0.05) is 0 Å². The molecule has 0 spiro atoms. The van der Waals surface area contributed by atoms with E-state index in [1.807, 2.05) is 0 Å². The molecule has 0 heterocycles. The first-order chi connectivity index (χ1) is 4.81. The summed E-state index contributed by atoms with van der Waals surface area (Å²) in [7, 11) is -3.51. The Bertz CT molecular complexity index is 235. The van der Waals surface area contributed by atoms with E-state index in [2.05, 4.69) is 4.18 Å². The van der Waals surface area contributed by atoms with E-state index < -0.39 is 27.7 Å². The summed E-state index contributed by atoms with van der Waals surface area (Å²) in [5, 5.41) is 0. The van der Waals surface area contributed by atoms with Gasteiger partial charge in [0.25, 0.3) is 0 Å². The van der Waals surface area contributed by atoms with E-state index in [0.717, 1.165) is 6.26 Å². The van der Waals surface area contributed by atoms with E-state index >= 15 is 0 Å². The van der Waals surface area contributed by atoms with Crippen LogP contribution >= 0.6 is 0 Å². The lowest BCUT2D eigenvalue weighted by Crippen LogP contribution is -2.43. The van der Waals surface area contributed by atoms with Crippen molar-refractivity contribution in [2.24, 2.45) is 5.73 Å². The van der Waals surface area contributed by atoms with Crippen LogP contribution in [0.5, 0.6) is 0 Å². The van der Waals surface area contributed by atoms with Crippen LogP contribution in [-0.2, 0) is 25.6 Å². The number of nitrogens with one attached hydrogen (secondary N) is 1. The Balaban J connectivity index is 3.89. The maximum Gasteiger partial charge on any atom is 0.304 e. The number of nitrogens with two attached hydrogens (primary N) is 1. The molecule has 9 heteroatoms. The minimum absolute atomic E-state index is 0.844. The van der Waals surface area contributed by atoms with Crippen LogP contribution in [0, 0.1) is 0 Å². The summed E-state index contributed by atoms with van der Waals surface area (Å²) in [6, 6.07) is 0. The summed E-state index contributed by atoms with van der Waals surface area (Å²) in [5.41, 5.74) is 4.90. The Hall–Kier alpha value is -0.0600. The van der Waals surface area contributed by atoms with Gasteiger partial charge in [0.15, 0.2) is 6.35 Å². The number of hydrogen-bond donors (Lipinski definition) is 3. The highest BCUT2D eigenvalue weighted by Crippen LogP contribution is 1.84. The van der Waals surface area contributed by atoms with Gasteiger partial charge in [-0.25, -0.2) is 12.6 Å². The summed E-state index contributed by atoms with van der Waals surface area (Å²) < 4.78 is 44.3. The molecular weight excluding hydrogens is 196 g/mol. The first-order valence-corrected chi connectivity index (χ1v) is 5.24. The van der Waals surface area contributed by atoms with Crippen LogP contribution in [0.1, 0.15) is 0 Å². The lowest BCUT2D eigenvalue weighted by Gasteiger charge is -2.08. The normalized spacial score (nSPS) is 17.7. The standard InChI is InChI=1S/C2H8N2O5S2/c1-11(7,8)4-2(3)9-10(5)6/h2,4H,3H2,1H3,(H,5,6). The molecule has 0 aromatic rings. The summed E-state index contributed by atoms with van der Waals surface area (Å²) in [6.45, 7) is 0. The SMILES string of the molecule is CS(=O)(=O)NC(N)OS(=O)O. The molecule has 0 amide bonds. The van der Waals surface area contributed by atoms with Crippen LogP contribution in [0.15, 0.2) is 0 Å². The maximum atomic E-state index is 10.4. The second-order valence-corrected chi connectivity index (χ2v) is 4.03. The van der Waals surface area contributed by atoms with Crippen molar-refractivity contribution < 1.29 is 21.4 Å². The zero-order valence-corrected chi connectivity index (χ0v) is 7.18. The first-order valence-electron chi connectivity index (χ1n) is 2.32. The zero-order chi connectivity index (χ0) is 9.07. The van der Waals surface area contributed by atoms with E-state index in [9.17, 15) is 12.6 Å². The fourth-order valence-electron chi connectivity index (χ4n) is 0.319. The monoisotopic (exact) mass is 204 g/mol. The fraction of sp³-hybridized carbons (Fsp3) is 1.00. The van der Waals surface area contributed by atoms with Crippen molar-refractivity contribution in [3.8, 4) is 0 Å². The first kappa shape index (κ1) is 10.9. The molecule has 7 nitrogen and oxygen atoms in total. The van der Waals surface area contributed by atoms with Gasteiger partial charge in [-0.2, -0.15) is 8.93 Å². The molecule has 0 aromatic carbocycles. The molecule has 0 radical (unpaired) electrons. The quantitative estimate of drug-likeness (QED) is 0.357. The highest BCUT2D eigenvalue weighted by atomic mass is 32.2. The van der Waals surface area contributed by atoms with Crippen LogP contribution in [0.25, 0.3) is 0 Å². The molecule has 0 aliphatic rings. The van der Waals surface area contributed by atoms with Crippen LogP contribution in [0.3, 0.4) is 0 Å².